The molecule has 1 aliphatic rings. The molecule has 24 heavy (non-hydrogen) atoms. The Morgan fingerprint density at radius 1 is 1.21 bits per heavy atom. The minimum atomic E-state index is -0.114. The van der Waals surface area contributed by atoms with Crippen molar-refractivity contribution < 1.29 is 4.79 Å². The van der Waals surface area contributed by atoms with Gasteiger partial charge in [-0.05, 0) is 73.7 Å². The van der Waals surface area contributed by atoms with Crippen LogP contribution in [0.2, 0.25) is 5.02 Å². The lowest BCUT2D eigenvalue weighted by atomic mass is 9.91. The van der Waals surface area contributed by atoms with Gasteiger partial charge in [0.1, 0.15) is 0 Å². The van der Waals surface area contributed by atoms with Crippen molar-refractivity contribution in [1.29, 1.82) is 0 Å². The number of piperidine rings is 1. The van der Waals surface area contributed by atoms with Crippen LogP contribution in [0.25, 0.3) is 0 Å². The molecule has 0 saturated carbocycles. The van der Waals surface area contributed by atoms with Crippen LogP contribution in [0.5, 0.6) is 0 Å². The van der Waals surface area contributed by atoms with Crippen molar-refractivity contribution in [2.75, 3.05) is 18.4 Å². The van der Waals surface area contributed by atoms with Gasteiger partial charge < -0.3 is 10.6 Å². The zero-order valence-electron chi connectivity index (χ0n) is 13.6. The number of hydrogen-bond donors (Lipinski definition) is 2. The van der Waals surface area contributed by atoms with Crippen LogP contribution in [0.4, 0.5) is 5.69 Å². The molecular weight excluding hydrogens is 343 g/mol. The maximum absolute atomic E-state index is 12.3. The second kappa shape index (κ2) is 8.52. The fraction of sp³-hybridized carbons (Fsp3) is 0.316. The Hall–Kier alpha value is -1.55. The molecule has 0 aliphatic carbocycles. The maximum atomic E-state index is 12.3. The highest BCUT2D eigenvalue weighted by molar-refractivity contribution is 6.31. The van der Waals surface area contributed by atoms with E-state index < -0.39 is 0 Å². The molecule has 1 atom stereocenters. The fourth-order valence-corrected chi connectivity index (χ4v) is 3.08. The molecule has 1 aliphatic heterocycles. The molecule has 2 aromatic carbocycles. The molecule has 1 fully saturated rings. The average molecular weight is 365 g/mol. The summed E-state index contributed by atoms with van der Waals surface area (Å²) in [6.07, 6.45) is 2.45. The maximum Gasteiger partial charge on any atom is 0.255 e. The Kier molecular flexibility index (Phi) is 6.67. The SMILES string of the molecule is Cc1cc(C(=O)Nc2ccc([C@@H]3CCCNC3)cc2)ccc1Cl.Cl. The predicted molar refractivity (Wildman–Crippen MR) is 103 cm³/mol. The van der Waals surface area contributed by atoms with E-state index in [0.717, 1.165) is 24.3 Å². The topological polar surface area (TPSA) is 41.1 Å². The van der Waals surface area contributed by atoms with Gasteiger partial charge in [0.05, 0.1) is 0 Å². The molecule has 1 saturated heterocycles. The molecule has 2 aromatic rings. The third-order valence-electron chi connectivity index (χ3n) is 4.36. The third kappa shape index (κ3) is 4.50. The lowest BCUT2D eigenvalue weighted by Crippen LogP contribution is -2.28. The van der Waals surface area contributed by atoms with Crippen molar-refractivity contribution in [2.45, 2.75) is 25.7 Å². The summed E-state index contributed by atoms with van der Waals surface area (Å²) >= 11 is 6.00. The van der Waals surface area contributed by atoms with Crippen molar-refractivity contribution in [3.05, 3.63) is 64.2 Å². The minimum Gasteiger partial charge on any atom is -0.322 e. The smallest absolute Gasteiger partial charge is 0.255 e. The lowest BCUT2D eigenvalue weighted by molar-refractivity contribution is 0.102. The molecular formula is C19H22Cl2N2O. The van der Waals surface area contributed by atoms with Gasteiger partial charge in [-0.15, -0.1) is 12.4 Å². The van der Waals surface area contributed by atoms with Crippen LogP contribution in [0.1, 0.15) is 40.2 Å². The number of carbonyl (C=O) groups is 1. The first-order valence-corrected chi connectivity index (χ1v) is 8.39. The first kappa shape index (κ1) is 18.8. The second-order valence-corrected chi connectivity index (χ2v) is 6.49. The number of hydrogen-bond acceptors (Lipinski definition) is 2. The van der Waals surface area contributed by atoms with Gasteiger partial charge in [0, 0.05) is 22.8 Å². The number of rotatable bonds is 3. The summed E-state index contributed by atoms with van der Waals surface area (Å²) in [5.41, 5.74) is 3.67. The van der Waals surface area contributed by atoms with E-state index in [1.807, 2.05) is 19.1 Å². The van der Waals surface area contributed by atoms with Gasteiger partial charge in [-0.25, -0.2) is 0 Å². The summed E-state index contributed by atoms with van der Waals surface area (Å²) in [4.78, 5) is 12.3. The van der Waals surface area contributed by atoms with Gasteiger partial charge in [-0.2, -0.15) is 0 Å². The molecule has 1 amide bonds. The van der Waals surface area contributed by atoms with E-state index in [2.05, 4.69) is 22.8 Å². The minimum absolute atomic E-state index is 0. The highest BCUT2D eigenvalue weighted by atomic mass is 35.5. The average Bonchev–Trinajstić information content (AvgIpc) is 2.59. The van der Waals surface area contributed by atoms with Crippen LogP contribution in [0.3, 0.4) is 0 Å². The first-order chi connectivity index (χ1) is 11.1. The highest BCUT2D eigenvalue weighted by Gasteiger charge is 2.15. The van der Waals surface area contributed by atoms with E-state index in [1.54, 1.807) is 18.2 Å². The Balaban J connectivity index is 0.00000208. The number of halogens is 2. The van der Waals surface area contributed by atoms with Gasteiger partial charge in [-0.1, -0.05) is 23.7 Å². The van der Waals surface area contributed by atoms with Gasteiger partial charge in [0.2, 0.25) is 0 Å². The Labute approximate surface area is 154 Å². The van der Waals surface area contributed by atoms with E-state index >= 15 is 0 Å². The Bertz CT molecular complexity index is 695. The summed E-state index contributed by atoms with van der Waals surface area (Å²) in [5, 5.41) is 7.04. The summed E-state index contributed by atoms with van der Waals surface area (Å²) in [6.45, 7) is 4.05. The number of benzene rings is 2. The third-order valence-corrected chi connectivity index (χ3v) is 4.78. The molecule has 0 spiro atoms. The summed E-state index contributed by atoms with van der Waals surface area (Å²) < 4.78 is 0. The summed E-state index contributed by atoms with van der Waals surface area (Å²) in [5.74, 6) is 0.462. The zero-order chi connectivity index (χ0) is 16.2. The summed E-state index contributed by atoms with van der Waals surface area (Å²) in [7, 11) is 0. The van der Waals surface area contributed by atoms with Gasteiger partial charge in [-0.3, -0.25) is 4.79 Å². The predicted octanol–water partition coefficient (Wildman–Crippen LogP) is 4.79. The molecule has 5 heteroatoms. The number of amides is 1. The van der Waals surface area contributed by atoms with Gasteiger partial charge >= 0.3 is 0 Å². The van der Waals surface area contributed by atoms with Crippen molar-refractivity contribution in [3.63, 3.8) is 0 Å². The highest BCUT2D eigenvalue weighted by Crippen LogP contribution is 2.24. The molecule has 0 unspecified atom stereocenters. The molecule has 0 aromatic heterocycles. The monoisotopic (exact) mass is 364 g/mol. The molecule has 3 nitrogen and oxygen atoms in total. The van der Waals surface area contributed by atoms with E-state index in [9.17, 15) is 4.79 Å². The standard InChI is InChI=1S/C19H21ClN2O.ClH/c1-13-11-15(6-9-18(13)20)19(23)22-17-7-4-14(5-8-17)16-3-2-10-21-12-16;/h4-9,11,16,21H,2-3,10,12H2,1H3,(H,22,23);1H/t16-;/m1./s1. The van der Waals surface area contributed by atoms with Crippen LogP contribution in [-0.4, -0.2) is 19.0 Å². The number of aryl methyl sites for hydroxylation is 1. The van der Waals surface area contributed by atoms with Crippen molar-refractivity contribution in [1.82, 2.24) is 5.32 Å². The Morgan fingerprint density at radius 2 is 1.96 bits per heavy atom. The molecule has 0 radical (unpaired) electrons. The van der Waals surface area contributed by atoms with Gasteiger partial charge in [0.15, 0.2) is 0 Å². The normalized spacial score (nSPS) is 17.0. The van der Waals surface area contributed by atoms with E-state index in [1.165, 1.54) is 18.4 Å². The second-order valence-electron chi connectivity index (χ2n) is 6.08. The number of nitrogens with one attached hydrogen (secondary N) is 2. The van der Waals surface area contributed by atoms with Crippen LogP contribution in [0.15, 0.2) is 42.5 Å². The molecule has 1 heterocycles. The van der Waals surface area contributed by atoms with Crippen LogP contribution in [-0.2, 0) is 0 Å². The molecule has 0 bridgehead atoms. The number of anilines is 1. The largest absolute Gasteiger partial charge is 0.322 e. The first-order valence-electron chi connectivity index (χ1n) is 8.01. The van der Waals surface area contributed by atoms with Crippen LogP contribution >= 0.6 is 24.0 Å². The summed E-state index contributed by atoms with van der Waals surface area (Å²) in [6, 6.07) is 13.5. The number of carbonyl (C=O) groups excluding carboxylic acids is 1. The lowest BCUT2D eigenvalue weighted by Gasteiger charge is -2.23. The van der Waals surface area contributed by atoms with E-state index in [-0.39, 0.29) is 18.3 Å². The molecule has 3 rings (SSSR count). The van der Waals surface area contributed by atoms with Crippen LogP contribution < -0.4 is 10.6 Å². The van der Waals surface area contributed by atoms with E-state index in [4.69, 9.17) is 11.6 Å². The fourth-order valence-electron chi connectivity index (χ4n) is 2.96. The molecule has 128 valence electrons. The quantitative estimate of drug-likeness (QED) is 0.821. The zero-order valence-corrected chi connectivity index (χ0v) is 15.2. The van der Waals surface area contributed by atoms with E-state index in [0.29, 0.717) is 16.5 Å². The van der Waals surface area contributed by atoms with Crippen molar-refractivity contribution in [2.24, 2.45) is 0 Å². The van der Waals surface area contributed by atoms with Crippen molar-refractivity contribution >= 4 is 35.6 Å². The van der Waals surface area contributed by atoms with Crippen LogP contribution in [0, 0.1) is 6.92 Å². The van der Waals surface area contributed by atoms with Crippen molar-refractivity contribution in [3.8, 4) is 0 Å². The van der Waals surface area contributed by atoms with Gasteiger partial charge in [0.25, 0.3) is 5.91 Å². The Morgan fingerprint density at radius 3 is 2.58 bits per heavy atom. The molecule has 2 N–H and O–H groups in total.